The molecule has 0 aliphatic carbocycles. The molecule has 2 aromatic rings. The van der Waals surface area contributed by atoms with Crippen molar-refractivity contribution in [2.45, 2.75) is 39.7 Å². The van der Waals surface area contributed by atoms with Gasteiger partial charge in [0.15, 0.2) is 6.61 Å². The molecule has 0 saturated heterocycles. The number of nitrogens with zero attached hydrogens (tertiary/aromatic N) is 3. The van der Waals surface area contributed by atoms with E-state index in [2.05, 4.69) is 18.9 Å². The molecule has 0 bridgehead atoms. The molecule has 0 atom stereocenters. The number of carbonyl (C=O) groups excluding carboxylic acids is 1. The zero-order chi connectivity index (χ0) is 19.3. The number of carboxylic acids is 1. The van der Waals surface area contributed by atoms with E-state index in [1.54, 1.807) is 42.4 Å². The molecular weight excluding hydrogens is 334 g/mol. The SMILES string of the molecule is CCC(CC)n1ncc(C(=O)N(C)c2ccc(OCC(=O)O)cc2)c1C. The number of benzene rings is 1. The molecule has 0 fully saturated rings. The Morgan fingerprint density at radius 2 is 1.85 bits per heavy atom. The summed E-state index contributed by atoms with van der Waals surface area (Å²) in [6.45, 7) is 5.73. The van der Waals surface area contributed by atoms with Crippen LogP contribution in [0.25, 0.3) is 0 Å². The maximum absolute atomic E-state index is 12.8. The summed E-state index contributed by atoms with van der Waals surface area (Å²) in [5, 5.41) is 13.0. The van der Waals surface area contributed by atoms with Crippen LogP contribution < -0.4 is 9.64 Å². The maximum atomic E-state index is 12.8. The van der Waals surface area contributed by atoms with Gasteiger partial charge < -0.3 is 14.7 Å². The molecule has 0 spiro atoms. The van der Waals surface area contributed by atoms with Gasteiger partial charge in [-0.15, -0.1) is 0 Å². The van der Waals surface area contributed by atoms with Crippen LogP contribution in [0.3, 0.4) is 0 Å². The van der Waals surface area contributed by atoms with Gasteiger partial charge in [-0.25, -0.2) is 4.79 Å². The van der Waals surface area contributed by atoms with E-state index in [0.717, 1.165) is 18.5 Å². The highest BCUT2D eigenvalue weighted by Crippen LogP contribution is 2.23. The number of aliphatic carboxylic acids is 1. The van der Waals surface area contributed by atoms with E-state index in [0.29, 0.717) is 17.0 Å². The Kier molecular flexibility index (Phi) is 6.38. The molecule has 1 aromatic carbocycles. The standard InChI is InChI=1S/C19H25N3O4/c1-5-14(6-2)22-13(3)17(11-20-22)19(25)21(4)15-7-9-16(10-8-15)26-12-18(23)24/h7-11,14H,5-6,12H2,1-4H3,(H,23,24). The summed E-state index contributed by atoms with van der Waals surface area (Å²) >= 11 is 0. The third-order valence-electron chi connectivity index (χ3n) is 4.45. The first-order valence-corrected chi connectivity index (χ1v) is 8.65. The van der Waals surface area contributed by atoms with Crippen molar-refractivity contribution in [3.05, 3.63) is 41.7 Å². The van der Waals surface area contributed by atoms with Gasteiger partial charge in [0.25, 0.3) is 5.91 Å². The van der Waals surface area contributed by atoms with Crippen LogP contribution in [0.5, 0.6) is 5.75 Å². The highest BCUT2D eigenvalue weighted by atomic mass is 16.5. The number of carboxylic acid groups (broad SMARTS) is 1. The molecular formula is C19H25N3O4. The van der Waals surface area contributed by atoms with Crippen LogP contribution in [-0.2, 0) is 4.79 Å². The molecule has 0 saturated carbocycles. The number of carbonyl (C=O) groups is 2. The normalized spacial score (nSPS) is 10.8. The third-order valence-corrected chi connectivity index (χ3v) is 4.45. The van der Waals surface area contributed by atoms with Crippen LogP contribution in [0, 0.1) is 6.92 Å². The monoisotopic (exact) mass is 359 g/mol. The fraction of sp³-hybridized carbons (Fsp3) is 0.421. The summed E-state index contributed by atoms with van der Waals surface area (Å²) in [6.07, 6.45) is 3.54. The van der Waals surface area contributed by atoms with E-state index in [4.69, 9.17) is 9.84 Å². The Morgan fingerprint density at radius 3 is 2.38 bits per heavy atom. The summed E-state index contributed by atoms with van der Waals surface area (Å²) in [5.74, 6) is -0.736. The Morgan fingerprint density at radius 1 is 1.23 bits per heavy atom. The molecule has 7 nitrogen and oxygen atoms in total. The Labute approximate surface area is 153 Å². The van der Waals surface area contributed by atoms with Crippen LogP contribution in [0.15, 0.2) is 30.5 Å². The second-order valence-electron chi connectivity index (χ2n) is 6.10. The predicted molar refractivity (Wildman–Crippen MR) is 98.9 cm³/mol. The van der Waals surface area contributed by atoms with Crippen LogP contribution >= 0.6 is 0 Å². The molecule has 0 unspecified atom stereocenters. The summed E-state index contributed by atoms with van der Waals surface area (Å²) in [5.41, 5.74) is 2.12. The predicted octanol–water partition coefficient (Wildman–Crippen LogP) is 3.29. The lowest BCUT2D eigenvalue weighted by molar-refractivity contribution is -0.139. The van der Waals surface area contributed by atoms with Crippen molar-refractivity contribution in [1.82, 2.24) is 9.78 Å². The van der Waals surface area contributed by atoms with Crippen LogP contribution in [0.2, 0.25) is 0 Å². The minimum atomic E-state index is -1.04. The molecule has 1 heterocycles. The van der Waals surface area contributed by atoms with Gasteiger partial charge in [0.1, 0.15) is 5.75 Å². The highest BCUT2D eigenvalue weighted by molar-refractivity contribution is 6.06. The number of rotatable bonds is 8. The second kappa shape index (κ2) is 8.51. The third kappa shape index (κ3) is 4.22. The lowest BCUT2D eigenvalue weighted by Gasteiger charge is -2.19. The van der Waals surface area contributed by atoms with E-state index in [1.807, 2.05) is 11.6 Å². The van der Waals surface area contributed by atoms with Gasteiger partial charge in [0.2, 0.25) is 0 Å². The molecule has 26 heavy (non-hydrogen) atoms. The van der Waals surface area contributed by atoms with Crippen LogP contribution in [-0.4, -0.2) is 40.4 Å². The maximum Gasteiger partial charge on any atom is 0.341 e. The van der Waals surface area contributed by atoms with Gasteiger partial charge >= 0.3 is 5.97 Å². The van der Waals surface area contributed by atoms with E-state index in [9.17, 15) is 9.59 Å². The molecule has 7 heteroatoms. The molecule has 1 amide bonds. The zero-order valence-electron chi connectivity index (χ0n) is 15.6. The summed E-state index contributed by atoms with van der Waals surface area (Å²) in [4.78, 5) is 24.9. The van der Waals surface area contributed by atoms with Crippen molar-refractivity contribution in [3.63, 3.8) is 0 Å². The molecule has 140 valence electrons. The molecule has 2 rings (SSSR count). The summed E-state index contributed by atoms with van der Waals surface area (Å²) in [6, 6.07) is 7.00. The van der Waals surface area contributed by atoms with Crippen molar-refractivity contribution >= 4 is 17.6 Å². The van der Waals surface area contributed by atoms with Gasteiger partial charge in [-0.05, 0) is 44.0 Å². The minimum Gasteiger partial charge on any atom is -0.482 e. The first-order valence-electron chi connectivity index (χ1n) is 8.65. The number of hydrogen-bond donors (Lipinski definition) is 1. The molecule has 1 N–H and O–H groups in total. The lowest BCUT2D eigenvalue weighted by atomic mass is 10.1. The number of amides is 1. The zero-order valence-corrected chi connectivity index (χ0v) is 15.6. The topological polar surface area (TPSA) is 84.7 Å². The van der Waals surface area contributed by atoms with Crippen LogP contribution in [0.4, 0.5) is 5.69 Å². The highest BCUT2D eigenvalue weighted by Gasteiger charge is 2.21. The van der Waals surface area contributed by atoms with Gasteiger partial charge in [-0.3, -0.25) is 9.48 Å². The van der Waals surface area contributed by atoms with E-state index < -0.39 is 12.6 Å². The fourth-order valence-electron chi connectivity index (χ4n) is 2.85. The van der Waals surface area contributed by atoms with Crippen molar-refractivity contribution in [2.24, 2.45) is 0 Å². The van der Waals surface area contributed by atoms with Gasteiger partial charge in [-0.1, -0.05) is 13.8 Å². The Hall–Kier alpha value is -2.83. The van der Waals surface area contributed by atoms with Gasteiger partial charge in [0, 0.05) is 18.4 Å². The molecule has 0 aliphatic heterocycles. The second-order valence-corrected chi connectivity index (χ2v) is 6.10. The number of aromatic nitrogens is 2. The smallest absolute Gasteiger partial charge is 0.341 e. The Balaban J connectivity index is 2.15. The van der Waals surface area contributed by atoms with E-state index >= 15 is 0 Å². The Bertz CT molecular complexity index is 764. The molecule has 1 aromatic heterocycles. The average Bonchev–Trinajstić information content (AvgIpc) is 3.02. The molecule has 0 radical (unpaired) electrons. The number of anilines is 1. The number of hydrogen-bond acceptors (Lipinski definition) is 4. The van der Waals surface area contributed by atoms with E-state index in [-0.39, 0.29) is 11.9 Å². The van der Waals surface area contributed by atoms with Crippen LogP contribution in [0.1, 0.15) is 48.8 Å². The quantitative estimate of drug-likeness (QED) is 0.782. The van der Waals surface area contributed by atoms with Gasteiger partial charge in [-0.2, -0.15) is 5.10 Å². The van der Waals surface area contributed by atoms with Gasteiger partial charge in [0.05, 0.1) is 17.8 Å². The van der Waals surface area contributed by atoms with Crippen molar-refractivity contribution in [1.29, 1.82) is 0 Å². The number of ether oxygens (including phenoxy) is 1. The first-order chi connectivity index (χ1) is 12.4. The molecule has 0 aliphatic rings. The van der Waals surface area contributed by atoms with E-state index in [1.165, 1.54) is 0 Å². The largest absolute Gasteiger partial charge is 0.482 e. The van der Waals surface area contributed by atoms with Crippen molar-refractivity contribution in [3.8, 4) is 5.75 Å². The summed E-state index contributed by atoms with van der Waals surface area (Å²) < 4.78 is 7.02. The average molecular weight is 359 g/mol. The minimum absolute atomic E-state index is 0.140. The summed E-state index contributed by atoms with van der Waals surface area (Å²) in [7, 11) is 1.70. The fourth-order valence-corrected chi connectivity index (χ4v) is 2.85. The lowest BCUT2D eigenvalue weighted by Crippen LogP contribution is -2.26. The van der Waals surface area contributed by atoms with Crippen molar-refractivity contribution < 1.29 is 19.4 Å². The first kappa shape index (κ1) is 19.5. The van der Waals surface area contributed by atoms with Crippen molar-refractivity contribution in [2.75, 3.05) is 18.6 Å².